The maximum atomic E-state index is 11.9. The van der Waals surface area contributed by atoms with Crippen LogP contribution in [0.15, 0.2) is 24.3 Å². The third kappa shape index (κ3) is 3.21. The van der Waals surface area contributed by atoms with Crippen LogP contribution in [0.3, 0.4) is 0 Å². The summed E-state index contributed by atoms with van der Waals surface area (Å²) in [5.74, 6) is 0. The van der Waals surface area contributed by atoms with Crippen molar-refractivity contribution in [2.45, 2.75) is 19.1 Å². The van der Waals surface area contributed by atoms with Crippen molar-refractivity contribution in [3.63, 3.8) is 0 Å². The molecule has 18 heavy (non-hydrogen) atoms. The first kappa shape index (κ1) is 12.9. The van der Waals surface area contributed by atoms with E-state index in [4.69, 9.17) is 4.74 Å². The summed E-state index contributed by atoms with van der Waals surface area (Å²) in [6.07, 6.45) is 0.257. The number of benzene rings is 1. The van der Waals surface area contributed by atoms with Crippen molar-refractivity contribution in [2.75, 3.05) is 25.5 Å². The third-order valence-corrected chi connectivity index (χ3v) is 2.94. The van der Waals surface area contributed by atoms with E-state index in [0.29, 0.717) is 26.1 Å². The van der Waals surface area contributed by atoms with E-state index in [1.165, 1.54) is 0 Å². The lowest BCUT2D eigenvalue weighted by Gasteiger charge is -2.16. The quantitative estimate of drug-likeness (QED) is 0.853. The Labute approximate surface area is 106 Å². The lowest BCUT2D eigenvalue weighted by molar-refractivity contribution is 0.176. The minimum Gasteiger partial charge on any atom is -0.391 e. The summed E-state index contributed by atoms with van der Waals surface area (Å²) >= 11 is 0. The first-order valence-electron chi connectivity index (χ1n) is 6.01. The van der Waals surface area contributed by atoms with Crippen molar-refractivity contribution >= 4 is 11.7 Å². The summed E-state index contributed by atoms with van der Waals surface area (Å²) in [5.41, 5.74) is 1.76. The zero-order valence-corrected chi connectivity index (χ0v) is 10.4. The predicted octanol–water partition coefficient (Wildman–Crippen LogP) is 1.43. The number of hydrogen-bond donors (Lipinski definition) is 2. The topological polar surface area (TPSA) is 61.8 Å². The molecule has 1 aromatic carbocycles. The first-order chi connectivity index (χ1) is 8.69. The van der Waals surface area contributed by atoms with Gasteiger partial charge in [0.2, 0.25) is 0 Å². The van der Waals surface area contributed by atoms with Crippen molar-refractivity contribution in [1.82, 2.24) is 4.90 Å². The van der Waals surface area contributed by atoms with Crippen LogP contribution in [0.5, 0.6) is 0 Å². The van der Waals surface area contributed by atoms with E-state index in [-0.39, 0.29) is 6.03 Å². The number of likely N-dealkylation sites (tertiary alicyclic amines) is 1. The summed E-state index contributed by atoms with van der Waals surface area (Å²) in [7, 11) is 1.64. The number of carbonyl (C=O) groups is 1. The fourth-order valence-electron chi connectivity index (χ4n) is 2.03. The minimum absolute atomic E-state index is 0.166. The maximum Gasteiger partial charge on any atom is 0.321 e. The molecule has 1 fully saturated rings. The molecule has 0 spiro atoms. The van der Waals surface area contributed by atoms with Crippen LogP contribution in [-0.2, 0) is 11.3 Å². The van der Waals surface area contributed by atoms with E-state index in [2.05, 4.69) is 5.32 Å². The van der Waals surface area contributed by atoms with Gasteiger partial charge in [-0.15, -0.1) is 0 Å². The predicted molar refractivity (Wildman–Crippen MR) is 68.4 cm³/mol. The molecule has 0 aromatic heterocycles. The second kappa shape index (κ2) is 5.84. The molecule has 1 heterocycles. The van der Waals surface area contributed by atoms with Gasteiger partial charge in [-0.1, -0.05) is 12.1 Å². The Morgan fingerprint density at radius 2 is 2.44 bits per heavy atom. The molecule has 2 amide bonds. The van der Waals surface area contributed by atoms with Gasteiger partial charge in [-0.05, 0) is 24.1 Å². The number of anilines is 1. The monoisotopic (exact) mass is 250 g/mol. The van der Waals surface area contributed by atoms with Gasteiger partial charge in [0.15, 0.2) is 0 Å². The highest BCUT2D eigenvalue weighted by molar-refractivity contribution is 5.89. The maximum absolute atomic E-state index is 11.9. The molecular weight excluding hydrogens is 232 g/mol. The highest BCUT2D eigenvalue weighted by Gasteiger charge is 2.24. The molecule has 5 nitrogen and oxygen atoms in total. The van der Waals surface area contributed by atoms with Gasteiger partial charge >= 0.3 is 6.03 Å². The largest absolute Gasteiger partial charge is 0.391 e. The third-order valence-electron chi connectivity index (χ3n) is 2.94. The summed E-state index contributed by atoms with van der Waals surface area (Å²) in [4.78, 5) is 13.5. The van der Waals surface area contributed by atoms with Crippen LogP contribution in [0.4, 0.5) is 10.5 Å². The average molecular weight is 250 g/mol. The number of aliphatic hydroxyl groups is 1. The Morgan fingerprint density at radius 3 is 3.11 bits per heavy atom. The fraction of sp³-hybridized carbons (Fsp3) is 0.462. The van der Waals surface area contributed by atoms with E-state index >= 15 is 0 Å². The second-order valence-corrected chi connectivity index (χ2v) is 4.45. The number of hydrogen-bond acceptors (Lipinski definition) is 3. The summed E-state index contributed by atoms with van der Waals surface area (Å²) < 4.78 is 5.05. The van der Waals surface area contributed by atoms with Gasteiger partial charge in [-0.2, -0.15) is 0 Å². The molecule has 0 saturated carbocycles. The number of nitrogens with one attached hydrogen (secondary N) is 1. The number of carbonyl (C=O) groups excluding carboxylic acids is 1. The average Bonchev–Trinajstić information content (AvgIpc) is 2.77. The van der Waals surface area contributed by atoms with Crippen LogP contribution in [0.2, 0.25) is 0 Å². The number of rotatable bonds is 3. The summed E-state index contributed by atoms with van der Waals surface area (Å²) in [6.45, 7) is 1.53. The van der Waals surface area contributed by atoms with Gasteiger partial charge in [0.05, 0.1) is 12.7 Å². The second-order valence-electron chi connectivity index (χ2n) is 4.45. The van der Waals surface area contributed by atoms with Crippen molar-refractivity contribution in [1.29, 1.82) is 0 Å². The molecular formula is C13H18N2O3. The highest BCUT2D eigenvalue weighted by Crippen LogP contribution is 2.14. The lowest BCUT2D eigenvalue weighted by Crippen LogP contribution is -2.33. The Balaban J connectivity index is 1.96. The van der Waals surface area contributed by atoms with Crippen molar-refractivity contribution < 1.29 is 14.6 Å². The van der Waals surface area contributed by atoms with Crippen molar-refractivity contribution in [2.24, 2.45) is 0 Å². The number of nitrogens with zero attached hydrogens (tertiary/aromatic N) is 1. The highest BCUT2D eigenvalue weighted by atomic mass is 16.5. The normalized spacial score (nSPS) is 19.0. The molecule has 1 saturated heterocycles. The molecule has 98 valence electrons. The molecule has 0 aliphatic carbocycles. The smallest absolute Gasteiger partial charge is 0.321 e. The minimum atomic E-state index is -0.393. The fourth-order valence-corrected chi connectivity index (χ4v) is 2.03. The van der Waals surface area contributed by atoms with E-state index in [0.717, 1.165) is 11.3 Å². The molecule has 1 aliphatic heterocycles. The van der Waals surface area contributed by atoms with Gasteiger partial charge in [0.1, 0.15) is 0 Å². The van der Waals surface area contributed by atoms with Gasteiger partial charge < -0.3 is 20.1 Å². The SMILES string of the molecule is COCc1cccc(NC(=O)N2CC[C@@H](O)C2)c1. The van der Waals surface area contributed by atoms with Crippen LogP contribution < -0.4 is 5.32 Å². The number of urea groups is 1. The number of ether oxygens (including phenoxy) is 1. The molecule has 2 rings (SSSR count). The first-order valence-corrected chi connectivity index (χ1v) is 6.01. The molecule has 1 aliphatic rings. The molecule has 0 bridgehead atoms. The number of aliphatic hydroxyl groups excluding tert-OH is 1. The van der Waals surface area contributed by atoms with Gasteiger partial charge in [0.25, 0.3) is 0 Å². The number of β-amino-alcohol motifs (C(OH)–C–C–N with tert-alkyl or cyclic N) is 1. The standard InChI is InChI=1S/C13H18N2O3/c1-18-9-10-3-2-4-11(7-10)14-13(17)15-6-5-12(16)8-15/h2-4,7,12,16H,5-6,8-9H2,1H3,(H,14,17)/t12-/m1/s1. The van der Waals surface area contributed by atoms with Crippen LogP contribution in [0, 0.1) is 0 Å². The Kier molecular flexibility index (Phi) is 4.17. The molecule has 1 aromatic rings. The number of methoxy groups -OCH3 is 1. The van der Waals surface area contributed by atoms with Crippen molar-refractivity contribution in [3.05, 3.63) is 29.8 Å². The molecule has 2 N–H and O–H groups in total. The van der Waals surface area contributed by atoms with Gasteiger partial charge in [0, 0.05) is 25.9 Å². The molecule has 1 atom stereocenters. The Bertz CT molecular complexity index is 422. The van der Waals surface area contributed by atoms with E-state index in [1.807, 2.05) is 24.3 Å². The van der Waals surface area contributed by atoms with E-state index in [9.17, 15) is 9.90 Å². The van der Waals surface area contributed by atoms with Gasteiger partial charge in [-0.3, -0.25) is 0 Å². The van der Waals surface area contributed by atoms with Crippen LogP contribution >= 0.6 is 0 Å². The van der Waals surface area contributed by atoms with E-state index < -0.39 is 6.10 Å². The van der Waals surface area contributed by atoms with Gasteiger partial charge in [-0.25, -0.2) is 4.79 Å². The zero-order valence-electron chi connectivity index (χ0n) is 10.4. The van der Waals surface area contributed by atoms with Crippen molar-refractivity contribution in [3.8, 4) is 0 Å². The van der Waals surface area contributed by atoms with E-state index in [1.54, 1.807) is 12.0 Å². The van der Waals surface area contributed by atoms with Crippen LogP contribution in [-0.4, -0.2) is 42.3 Å². The summed E-state index contributed by atoms with van der Waals surface area (Å²) in [5, 5.41) is 12.2. The summed E-state index contributed by atoms with van der Waals surface area (Å²) in [6, 6.07) is 7.38. The molecule has 0 unspecified atom stereocenters. The lowest BCUT2D eigenvalue weighted by atomic mass is 10.2. The number of amides is 2. The Morgan fingerprint density at radius 1 is 1.61 bits per heavy atom. The Hall–Kier alpha value is -1.59. The zero-order chi connectivity index (χ0) is 13.0. The molecule has 5 heteroatoms. The van der Waals surface area contributed by atoms with Crippen LogP contribution in [0.1, 0.15) is 12.0 Å². The van der Waals surface area contributed by atoms with Crippen LogP contribution in [0.25, 0.3) is 0 Å². The molecule has 0 radical (unpaired) electrons.